The summed E-state index contributed by atoms with van der Waals surface area (Å²) < 4.78 is 0. The molecule has 2 aromatic rings. The molecule has 0 aromatic carbocycles. The van der Waals surface area contributed by atoms with E-state index in [4.69, 9.17) is 11.6 Å². The Bertz CT molecular complexity index is 458. The molecule has 0 bridgehead atoms. The number of anilines is 2. The molecular formula is C10H9ClN4. The van der Waals surface area contributed by atoms with Gasteiger partial charge in [0, 0.05) is 11.9 Å². The van der Waals surface area contributed by atoms with E-state index in [1.807, 2.05) is 19.1 Å². The van der Waals surface area contributed by atoms with Crippen LogP contribution in [0.2, 0.25) is 5.15 Å². The summed E-state index contributed by atoms with van der Waals surface area (Å²) in [7, 11) is 0. The lowest BCUT2D eigenvalue weighted by Gasteiger charge is -2.06. The van der Waals surface area contributed by atoms with Crippen molar-refractivity contribution in [3.05, 3.63) is 41.6 Å². The molecule has 76 valence electrons. The van der Waals surface area contributed by atoms with Crippen molar-refractivity contribution >= 4 is 23.1 Å². The molecule has 0 unspecified atom stereocenters. The Morgan fingerprint density at radius 1 is 1.27 bits per heavy atom. The highest BCUT2D eigenvalue weighted by molar-refractivity contribution is 6.32. The predicted octanol–water partition coefficient (Wildman–Crippen LogP) is 2.58. The average Bonchev–Trinajstić information content (AvgIpc) is 2.24. The molecular weight excluding hydrogens is 212 g/mol. The van der Waals surface area contributed by atoms with E-state index in [0.29, 0.717) is 11.0 Å². The van der Waals surface area contributed by atoms with Crippen molar-refractivity contribution in [3.8, 4) is 0 Å². The fourth-order valence-electron chi connectivity index (χ4n) is 1.12. The van der Waals surface area contributed by atoms with Crippen LogP contribution >= 0.6 is 11.6 Å². The van der Waals surface area contributed by atoms with Crippen LogP contribution in [0.5, 0.6) is 0 Å². The van der Waals surface area contributed by atoms with Crippen molar-refractivity contribution in [1.82, 2.24) is 15.0 Å². The van der Waals surface area contributed by atoms with Gasteiger partial charge in [-0.15, -0.1) is 0 Å². The number of hydrogen-bond acceptors (Lipinski definition) is 4. The molecule has 0 radical (unpaired) electrons. The Morgan fingerprint density at radius 3 is 2.80 bits per heavy atom. The van der Waals surface area contributed by atoms with Crippen LogP contribution in [0, 0.1) is 6.92 Å². The molecule has 0 saturated heterocycles. The van der Waals surface area contributed by atoms with Crippen LogP contribution in [0.1, 0.15) is 5.69 Å². The van der Waals surface area contributed by atoms with Crippen molar-refractivity contribution in [2.24, 2.45) is 0 Å². The van der Waals surface area contributed by atoms with Crippen molar-refractivity contribution in [1.29, 1.82) is 0 Å². The Kier molecular flexibility index (Phi) is 2.78. The maximum atomic E-state index is 5.96. The van der Waals surface area contributed by atoms with E-state index in [0.717, 1.165) is 11.4 Å². The molecule has 2 heterocycles. The second-order valence-corrected chi connectivity index (χ2v) is 3.37. The Balaban J connectivity index is 2.25. The quantitative estimate of drug-likeness (QED) is 0.791. The molecule has 0 atom stereocenters. The number of rotatable bonds is 2. The summed E-state index contributed by atoms with van der Waals surface area (Å²) >= 11 is 5.96. The highest BCUT2D eigenvalue weighted by atomic mass is 35.5. The van der Waals surface area contributed by atoms with E-state index in [2.05, 4.69) is 20.3 Å². The lowest BCUT2D eigenvalue weighted by Crippen LogP contribution is -1.96. The molecule has 0 fully saturated rings. The van der Waals surface area contributed by atoms with Crippen LogP contribution in [0.15, 0.2) is 30.7 Å². The number of aromatic nitrogens is 3. The van der Waals surface area contributed by atoms with Gasteiger partial charge in [0.15, 0.2) is 5.15 Å². The normalized spacial score (nSPS) is 10.0. The van der Waals surface area contributed by atoms with Gasteiger partial charge in [0.2, 0.25) is 0 Å². The minimum Gasteiger partial charge on any atom is -0.338 e. The van der Waals surface area contributed by atoms with E-state index >= 15 is 0 Å². The van der Waals surface area contributed by atoms with E-state index < -0.39 is 0 Å². The van der Waals surface area contributed by atoms with E-state index in [1.165, 1.54) is 6.33 Å². The largest absolute Gasteiger partial charge is 0.338 e. The molecule has 0 aliphatic carbocycles. The number of pyridine rings is 1. The molecule has 0 aliphatic heterocycles. The smallest absolute Gasteiger partial charge is 0.152 e. The number of nitrogens with zero attached hydrogens (tertiary/aromatic N) is 3. The van der Waals surface area contributed by atoms with Gasteiger partial charge in [-0.2, -0.15) is 0 Å². The van der Waals surface area contributed by atoms with E-state index in [-0.39, 0.29) is 0 Å². The van der Waals surface area contributed by atoms with Crippen LogP contribution in [0.25, 0.3) is 0 Å². The highest BCUT2D eigenvalue weighted by Gasteiger charge is 2.02. The molecule has 5 heteroatoms. The minimum absolute atomic E-state index is 0.439. The monoisotopic (exact) mass is 220 g/mol. The minimum atomic E-state index is 0.439. The summed E-state index contributed by atoms with van der Waals surface area (Å²) in [5.74, 6) is 0.692. The third-order valence-electron chi connectivity index (χ3n) is 1.83. The van der Waals surface area contributed by atoms with Gasteiger partial charge in [-0.1, -0.05) is 11.6 Å². The molecule has 15 heavy (non-hydrogen) atoms. The number of halogens is 1. The van der Waals surface area contributed by atoms with E-state index in [9.17, 15) is 0 Å². The van der Waals surface area contributed by atoms with Gasteiger partial charge >= 0.3 is 0 Å². The summed E-state index contributed by atoms with van der Waals surface area (Å²) in [6, 6.07) is 5.51. The number of nitrogens with one attached hydrogen (secondary N) is 1. The lowest BCUT2D eigenvalue weighted by atomic mass is 10.3. The summed E-state index contributed by atoms with van der Waals surface area (Å²) in [4.78, 5) is 12.0. The topological polar surface area (TPSA) is 50.7 Å². The standard InChI is InChI=1S/C10H9ClN4/c1-7-2-3-8(10(11)14-7)15-9-4-5-12-6-13-9/h2-6H,1H3,(H,12,13,15). The summed E-state index contributed by atoms with van der Waals surface area (Å²) in [5.41, 5.74) is 1.62. The van der Waals surface area contributed by atoms with Crippen molar-refractivity contribution in [2.45, 2.75) is 6.92 Å². The summed E-state index contributed by atoms with van der Waals surface area (Å²) in [6.45, 7) is 1.89. The zero-order chi connectivity index (χ0) is 10.7. The third kappa shape index (κ3) is 2.41. The first kappa shape index (κ1) is 9.86. The van der Waals surface area contributed by atoms with Crippen molar-refractivity contribution in [3.63, 3.8) is 0 Å². The molecule has 4 nitrogen and oxygen atoms in total. The average molecular weight is 221 g/mol. The van der Waals surface area contributed by atoms with Gasteiger partial charge in [0.25, 0.3) is 0 Å². The van der Waals surface area contributed by atoms with Crippen LogP contribution in [0.4, 0.5) is 11.5 Å². The van der Waals surface area contributed by atoms with Gasteiger partial charge in [-0.25, -0.2) is 15.0 Å². The number of aryl methyl sites for hydroxylation is 1. The van der Waals surface area contributed by atoms with Crippen LogP contribution in [-0.2, 0) is 0 Å². The first-order valence-corrected chi connectivity index (χ1v) is 4.80. The first-order chi connectivity index (χ1) is 7.25. The zero-order valence-corrected chi connectivity index (χ0v) is 8.86. The fourth-order valence-corrected chi connectivity index (χ4v) is 1.36. The number of hydrogen-bond donors (Lipinski definition) is 1. The first-order valence-electron chi connectivity index (χ1n) is 4.42. The van der Waals surface area contributed by atoms with E-state index in [1.54, 1.807) is 12.3 Å². The van der Waals surface area contributed by atoms with Crippen molar-refractivity contribution < 1.29 is 0 Å². The van der Waals surface area contributed by atoms with Crippen LogP contribution in [-0.4, -0.2) is 15.0 Å². The molecule has 0 amide bonds. The van der Waals surface area contributed by atoms with Crippen LogP contribution in [0.3, 0.4) is 0 Å². The van der Waals surface area contributed by atoms with Gasteiger partial charge in [0.05, 0.1) is 5.69 Å². The van der Waals surface area contributed by atoms with Gasteiger partial charge in [-0.05, 0) is 25.1 Å². The second kappa shape index (κ2) is 4.23. The van der Waals surface area contributed by atoms with Gasteiger partial charge < -0.3 is 5.32 Å². The molecule has 2 rings (SSSR count). The zero-order valence-electron chi connectivity index (χ0n) is 8.11. The summed E-state index contributed by atoms with van der Waals surface area (Å²) in [6.07, 6.45) is 3.13. The summed E-state index contributed by atoms with van der Waals surface area (Å²) in [5, 5.41) is 3.49. The molecule has 2 aromatic heterocycles. The molecule has 0 saturated carbocycles. The second-order valence-electron chi connectivity index (χ2n) is 3.01. The highest BCUT2D eigenvalue weighted by Crippen LogP contribution is 2.22. The van der Waals surface area contributed by atoms with Crippen LogP contribution < -0.4 is 5.32 Å². The molecule has 0 aliphatic rings. The SMILES string of the molecule is Cc1ccc(Nc2ccncn2)c(Cl)n1. The fraction of sp³-hybridized carbons (Fsp3) is 0.100. The van der Waals surface area contributed by atoms with Gasteiger partial charge in [0.1, 0.15) is 12.1 Å². The lowest BCUT2D eigenvalue weighted by molar-refractivity contribution is 1.16. The maximum Gasteiger partial charge on any atom is 0.152 e. The Morgan fingerprint density at radius 2 is 2.13 bits per heavy atom. The van der Waals surface area contributed by atoms with Crippen molar-refractivity contribution in [2.75, 3.05) is 5.32 Å². The maximum absolute atomic E-state index is 5.96. The Labute approximate surface area is 92.4 Å². The predicted molar refractivity (Wildman–Crippen MR) is 59.3 cm³/mol. The van der Waals surface area contributed by atoms with Gasteiger partial charge in [-0.3, -0.25) is 0 Å². The Hall–Kier alpha value is -1.68. The molecule has 0 spiro atoms. The molecule has 1 N–H and O–H groups in total. The third-order valence-corrected chi connectivity index (χ3v) is 2.12.